The molecule has 0 heterocycles. The zero-order valence-electron chi connectivity index (χ0n) is 14.3. The summed E-state index contributed by atoms with van der Waals surface area (Å²) in [7, 11) is 0. The van der Waals surface area contributed by atoms with E-state index < -0.39 is 0 Å². The fourth-order valence-corrected chi connectivity index (χ4v) is 2.49. The summed E-state index contributed by atoms with van der Waals surface area (Å²) in [6.07, 6.45) is 4.42. The highest BCUT2D eigenvalue weighted by molar-refractivity contribution is 5.44. The van der Waals surface area contributed by atoms with E-state index in [9.17, 15) is 0 Å². The predicted molar refractivity (Wildman–Crippen MR) is 95.0 cm³/mol. The Morgan fingerprint density at radius 1 is 0.714 bits per heavy atom. The third-order valence-corrected chi connectivity index (χ3v) is 3.80. The van der Waals surface area contributed by atoms with E-state index in [1.807, 2.05) is 13.8 Å². The number of hydrogen-bond donors (Lipinski definition) is 0. The van der Waals surface area contributed by atoms with Crippen LogP contribution in [0.5, 0.6) is 0 Å². The second kappa shape index (κ2) is 7.83. The maximum Gasteiger partial charge on any atom is 0.0353 e. The van der Waals surface area contributed by atoms with Crippen LogP contribution in [0.1, 0.15) is 49.9 Å². The summed E-state index contributed by atoms with van der Waals surface area (Å²) in [4.78, 5) is 0. The molecular weight excluding hydrogens is 252 g/mol. The molecule has 0 N–H and O–H groups in total. The van der Waals surface area contributed by atoms with Gasteiger partial charge in [-0.2, -0.15) is 0 Å². The summed E-state index contributed by atoms with van der Waals surface area (Å²) in [6.45, 7) is 12.6. The van der Waals surface area contributed by atoms with Gasteiger partial charge in [0, 0.05) is 5.41 Å². The Hall–Kier alpha value is -1.82. The van der Waals surface area contributed by atoms with Gasteiger partial charge in [0.2, 0.25) is 0 Å². The summed E-state index contributed by atoms with van der Waals surface area (Å²) in [5, 5.41) is 0. The fourth-order valence-electron chi connectivity index (χ4n) is 2.49. The molecule has 0 aliphatic rings. The lowest BCUT2D eigenvalue weighted by molar-refractivity contribution is 0.722. The van der Waals surface area contributed by atoms with Crippen molar-refractivity contribution in [2.24, 2.45) is 0 Å². The van der Waals surface area contributed by atoms with E-state index in [1.165, 1.54) is 22.3 Å². The Morgan fingerprint density at radius 2 is 1.05 bits per heavy atom. The minimum atomic E-state index is -0.0594. The third-order valence-electron chi connectivity index (χ3n) is 3.80. The second-order valence-corrected chi connectivity index (χ2v) is 5.43. The molecular formula is C21H28. The van der Waals surface area contributed by atoms with Crippen LogP contribution in [0.25, 0.3) is 0 Å². The fraction of sp³-hybridized carbons (Fsp3) is 0.333. The lowest BCUT2D eigenvalue weighted by atomic mass is 9.75. The third kappa shape index (κ3) is 4.07. The van der Waals surface area contributed by atoms with Crippen LogP contribution in [0.4, 0.5) is 0 Å². The highest BCUT2D eigenvalue weighted by atomic mass is 14.3. The van der Waals surface area contributed by atoms with Crippen LogP contribution in [-0.4, -0.2) is 0 Å². The first-order chi connectivity index (χ1) is 10.1. The van der Waals surface area contributed by atoms with Crippen molar-refractivity contribution in [2.45, 2.75) is 47.0 Å². The highest BCUT2D eigenvalue weighted by Gasteiger charge is 2.25. The van der Waals surface area contributed by atoms with E-state index in [2.05, 4.69) is 88.4 Å². The van der Waals surface area contributed by atoms with Crippen LogP contribution in [0.2, 0.25) is 0 Å². The van der Waals surface area contributed by atoms with Crippen molar-refractivity contribution in [1.29, 1.82) is 0 Å². The first-order valence-electron chi connectivity index (χ1n) is 7.84. The molecule has 0 heteroatoms. The number of benzene rings is 2. The number of allylic oxidation sites excluding steroid dienone is 2. The van der Waals surface area contributed by atoms with Gasteiger partial charge in [0.05, 0.1) is 0 Å². The maximum atomic E-state index is 2.28. The lowest BCUT2D eigenvalue weighted by Gasteiger charge is -2.28. The van der Waals surface area contributed by atoms with E-state index in [4.69, 9.17) is 0 Å². The van der Waals surface area contributed by atoms with Gasteiger partial charge in [-0.3, -0.25) is 0 Å². The van der Waals surface area contributed by atoms with Crippen molar-refractivity contribution in [1.82, 2.24) is 0 Å². The molecule has 21 heavy (non-hydrogen) atoms. The quantitative estimate of drug-likeness (QED) is 0.586. The summed E-state index contributed by atoms with van der Waals surface area (Å²) < 4.78 is 0. The largest absolute Gasteiger partial charge is 0.0905 e. The first kappa shape index (κ1) is 17.2. The van der Waals surface area contributed by atoms with Crippen molar-refractivity contribution in [3.05, 3.63) is 82.9 Å². The average molecular weight is 280 g/mol. The van der Waals surface area contributed by atoms with Crippen molar-refractivity contribution in [2.75, 3.05) is 0 Å². The molecule has 0 bridgehead atoms. The van der Waals surface area contributed by atoms with Crippen molar-refractivity contribution in [3.8, 4) is 0 Å². The molecule has 0 radical (unpaired) electrons. The Labute approximate surface area is 130 Å². The molecule has 2 aromatic rings. The molecule has 0 nitrogen and oxygen atoms in total. The number of aryl methyl sites for hydroxylation is 2. The molecule has 0 unspecified atom stereocenters. The first-order valence-corrected chi connectivity index (χ1v) is 7.84. The van der Waals surface area contributed by atoms with E-state index in [0.717, 1.165) is 0 Å². The summed E-state index contributed by atoms with van der Waals surface area (Å²) in [5.74, 6) is 0. The van der Waals surface area contributed by atoms with Gasteiger partial charge in [-0.15, -0.1) is 0 Å². The number of hydrogen-bond acceptors (Lipinski definition) is 0. The molecule has 0 spiro atoms. The Balaban J connectivity index is 0.00000106. The summed E-state index contributed by atoms with van der Waals surface area (Å²) in [6, 6.07) is 17.7. The van der Waals surface area contributed by atoms with Crippen molar-refractivity contribution >= 4 is 0 Å². The molecule has 0 saturated heterocycles. The van der Waals surface area contributed by atoms with Crippen LogP contribution in [0, 0.1) is 13.8 Å². The molecule has 2 aromatic carbocycles. The van der Waals surface area contributed by atoms with Crippen molar-refractivity contribution < 1.29 is 0 Å². The smallest absolute Gasteiger partial charge is 0.0353 e. The molecule has 0 fully saturated rings. The van der Waals surface area contributed by atoms with Gasteiger partial charge in [-0.25, -0.2) is 0 Å². The van der Waals surface area contributed by atoms with E-state index in [1.54, 1.807) is 0 Å². The van der Waals surface area contributed by atoms with Gasteiger partial charge in [-0.05, 0) is 38.8 Å². The van der Waals surface area contributed by atoms with Gasteiger partial charge in [-0.1, -0.05) is 85.7 Å². The summed E-state index contributed by atoms with van der Waals surface area (Å²) in [5.41, 5.74) is 5.21. The van der Waals surface area contributed by atoms with Gasteiger partial charge in [0.15, 0.2) is 0 Å². The predicted octanol–water partition coefficient (Wildman–Crippen LogP) is 6.21. The van der Waals surface area contributed by atoms with E-state index in [0.29, 0.717) is 0 Å². The monoisotopic (exact) mass is 280 g/mol. The van der Waals surface area contributed by atoms with Crippen LogP contribution in [0.3, 0.4) is 0 Å². The average Bonchev–Trinajstić information content (AvgIpc) is 2.50. The Bertz CT molecular complexity index is 510. The molecule has 0 aromatic heterocycles. The van der Waals surface area contributed by atoms with E-state index in [-0.39, 0.29) is 5.41 Å². The molecule has 2 rings (SSSR count). The van der Waals surface area contributed by atoms with Crippen LogP contribution >= 0.6 is 0 Å². The minimum absolute atomic E-state index is 0.0594. The van der Waals surface area contributed by atoms with Crippen LogP contribution in [-0.2, 0) is 5.41 Å². The van der Waals surface area contributed by atoms with Gasteiger partial charge >= 0.3 is 0 Å². The Kier molecular flexibility index (Phi) is 6.42. The zero-order valence-corrected chi connectivity index (χ0v) is 14.3. The van der Waals surface area contributed by atoms with E-state index >= 15 is 0 Å². The lowest BCUT2D eigenvalue weighted by Crippen LogP contribution is -2.20. The Morgan fingerprint density at radius 3 is 1.33 bits per heavy atom. The molecule has 0 aliphatic carbocycles. The topological polar surface area (TPSA) is 0 Å². The van der Waals surface area contributed by atoms with Crippen LogP contribution in [0.15, 0.2) is 60.7 Å². The second-order valence-electron chi connectivity index (χ2n) is 5.43. The normalized spacial score (nSPS) is 11.1. The van der Waals surface area contributed by atoms with Gasteiger partial charge in [0.1, 0.15) is 0 Å². The standard InChI is InChI=1S/C19H22.C2H6/c1-5-14-19(4,17-10-6-15(2)7-11-17)18-12-8-16(3)9-13-18;1-2/h5-14H,1-4H3;1-2H3/b14-5+;. The summed E-state index contributed by atoms with van der Waals surface area (Å²) >= 11 is 0. The van der Waals surface area contributed by atoms with Gasteiger partial charge < -0.3 is 0 Å². The van der Waals surface area contributed by atoms with Crippen LogP contribution < -0.4 is 0 Å². The molecule has 112 valence electrons. The maximum absolute atomic E-state index is 2.28. The minimum Gasteiger partial charge on any atom is -0.0905 e. The van der Waals surface area contributed by atoms with Crippen molar-refractivity contribution in [3.63, 3.8) is 0 Å². The zero-order chi connectivity index (χ0) is 15.9. The molecule has 0 atom stereocenters. The molecule has 0 saturated carbocycles. The van der Waals surface area contributed by atoms with Gasteiger partial charge in [0.25, 0.3) is 0 Å². The molecule has 0 aliphatic heterocycles. The highest BCUT2D eigenvalue weighted by Crippen LogP contribution is 2.33. The SMILES string of the molecule is C/C=C/C(C)(c1ccc(C)cc1)c1ccc(C)cc1.CC. The number of rotatable bonds is 3. The molecule has 0 amide bonds.